The number of aromatic nitrogens is 6. The first-order valence-corrected chi connectivity index (χ1v) is 24.7. The zero-order chi connectivity index (χ0) is 48.9. The summed E-state index contributed by atoms with van der Waals surface area (Å²) in [4.78, 5) is 21.0. The molecule has 0 fully saturated rings. The molecule has 0 saturated carbocycles. The lowest BCUT2D eigenvalue weighted by atomic mass is 9.98. The number of fused-ring (bicyclic) bond motifs is 11. The molecular formula is C65H41N7O2. The van der Waals surface area contributed by atoms with E-state index in [1.54, 1.807) is 0 Å². The monoisotopic (exact) mass is 951 g/mol. The Labute approximate surface area is 423 Å². The number of anilines is 1. The summed E-state index contributed by atoms with van der Waals surface area (Å²) in [5.41, 5.74) is 16.1. The predicted molar refractivity (Wildman–Crippen MR) is 300 cm³/mol. The number of benzene rings is 10. The highest BCUT2D eigenvalue weighted by molar-refractivity contribution is 6.24. The molecule has 0 atom stereocenters. The average molecular weight is 952 g/mol. The van der Waals surface area contributed by atoms with Crippen molar-refractivity contribution in [3.8, 4) is 68.1 Å². The maximum atomic E-state index is 6.86. The summed E-state index contributed by atoms with van der Waals surface area (Å²) in [6.45, 7) is 0. The molecule has 0 aliphatic carbocycles. The highest BCUT2D eigenvalue weighted by atomic mass is 16.3. The van der Waals surface area contributed by atoms with Crippen molar-refractivity contribution in [1.29, 1.82) is 0 Å². The zero-order valence-electron chi connectivity index (χ0n) is 39.9. The minimum absolute atomic E-state index is 0.520. The number of nitrogens with zero attached hydrogens (tertiary/aromatic N) is 6. The third-order valence-corrected chi connectivity index (χ3v) is 14.4. The Kier molecular flexibility index (Phi) is 9.27. The van der Waals surface area contributed by atoms with E-state index in [9.17, 15) is 0 Å². The second-order valence-corrected chi connectivity index (χ2v) is 18.6. The second-order valence-electron chi connectivity index (χ2n) is 18.6. The molecule has 15 rings (SSSR count). The first-order chi connectivity index (χ1) is 36.6. The summed E-state index contributed by atoms with van der Waals surface area (Å²) in [5.74, 6) is 2.27. The van der Waals surface area contributed by atoms with Gasteiger partial charge in [0.1, 0.15) is 16.7 Å². The van der Waals surface area contributed by atoms with Gasteiger partial charge in [0.25, 0.3) is 0 Å². The molecule has 0 radical (unpaired) electrons. The van der Waals surface area contributed by atoms with Gasteiger partial charge in [-0.15, -0.1) is 0 Å². The van der Waals surface area contributed by atoms with Crippen molar-refractivity contribution in [2.24, 2.45) is 0 Å². The van der Waals surface area contributed by atoms with E-state index in [1.165, 1.54) is 0 Å². The van der Waals surface area contributed by atoms with E-state index in [2.05, 4.69) is 172 Å². The number of rotatable bonds is 8. The lowest BCUT2D eigenvalue weighted by Gasteiger charge is -2.13. The number of furan rings is 1. The van der Waals surface area contributed by atoms with Crippen molar-refractivity contribution < 1.29 is 8.83 Å². The van der Waals surface area contributed by atoms with Gasteiger partial charge in [-0.05, 0) is 83.4 Å². The topological polar surface area (TPSA) is 99.7 Å². The van der Waals surface area contributed by atoms with Gasteiger partial charge in [0, 0.05) is 73.4 Å². The van der Waals surface area contributed by atoms with Crippen LogP contribution in [0.5, 0.6) is 0 Å². The fraction of sp³-hybridized carbons (Fsp3) is 0.0154. The van der Waals surface area contributed by atoms with Crippen molar-refractivity contribution in [2.75, 3.05) is 12.4 Å². The lowest BCUT2D eigenvalue weighted by molar-refractivity contribution is 0.620. The van der Waals surface area contributed by atoms with Gasteiger partial charge in [0.15, 0.2) is 17.2 Å². The molecule has 0 aliphatic heterocycles. The van der Waals surface area contributed by atoms with Crippen molar-refractivity contribution in [3.63, 3.8) is 0 Å². The van der Waals surface area contributed by atoms with Gasteiger partial charge in [-0.25, -0.2) is 9.97 Å². The SMILES string of the molecule is CNc1ccc(-c2cccc(-c3nc(-c4ccccc4)nc(-n4c5ccccc5c5ccc6c7ccccc7n(-c7ccc8c(c7)oc7cccc(-c9cccc%10oc(-c%11ccccc%11)nc9%10)c78)c6c54)n3)c2)cc1. The molecule has 74 heavy (non-hydrogen) atoms. The molecular weight excluding hydrogens is 911 g/mol. The third kappa shape index (κ3) is 6.50. The molecule has 15 aromatic rings. The average Bonchev–Trinajstić information content (AvgIpc) is 4.30. The maximum Gasteiger partial charge on any atom is 0.238 e. The fourth-order valence-electron chi connectivity index (χ4n) is 11.0. The number of oxazole rings is 1. The third-order valence-electron chi connectivity index (χ3n) is 14.4. The van der Waals surface area contributed by atoms with Gasteiger partial charge in [0.2, 0.25) is 11.8 Å². The van der Waals surface area contributed by atoms with Crippen molar-refractivity contribution in [3.05, 3.63) is 224 Å². The Morgan fingerprint density at radius 2 is 0.973 bits per heavy atom. The molecule has 0 saturated heterocycles. The van der Waals surface area contributed by atoms with Gasteiger partial charge >= 0.3 is 0 Å². The van der Waals surface area contributed by atoms with Crippen molar-refractivity contribution in [2.45, 2.75) is 0 Å². The van der Waals surface area contributed by atoms with Crippen LogP contribution in [0.25, 0.3) is 145 Å². The van der Waals surface area contributed by atoms with E-state index in [4.69, 9.17) is 28.8 Å². The van der Waals surface area contributed by atoms with Gasteiger partial charge in [-0.3, -0.25) is 4.57 Å². The van der Waals surface area contributed by atoms with Crippen LogP contribution < -0.4 is 5.32 Å². The summed E-state index contributed by atoms with van der Waals surface area (Å²) in [7, 11) is 1.93. The number of nitrogens with one attached hydrogen (secondary N) is 1. The molecule has 0 spiro atoms. The molecule has 1 N–H and O–H groups in total. The van der Waals surface area contributed by atoms with E-state index in [0.29, 0.717) is 23.5 Å². The number of hydrogen-bond acceptors (Lipinski definition) is 7. The smallest absolute Gasteiger partial charge is 0.238 e. The van der Waals surface area contributed by atoms with Crippen LogP contribution in [0.2, 0.25) is 0 Å². The van der Waals surface area contributed by atoms with E-state index in [1.807, 2.05) is 73.8 Å². The van der Waals surface area contributed by atoms with Gasteiger partial charge < -0.3 is 18.7 Å². The van der Waals surface area contributed by atoms with Crippen LogP contribution in [0.1, 0.15) is 0 Å². The predicted octanol–water partition coefficient (Wildman–Crippen LogP) is 16.5. The summed E-state index contributed by atoms with van der Waals surface area (Å²) < 4.78 is 17.8. The minimum atomic E-state index is 0.520. The van der Waals surface area contributed by atoms with Crippen LogP contribution in [0.15, 0.2) is 233 Å². The summed E-state index contributed by atoms with van der Waals surface area (Å²) in [6.07, 6.45) is 0. The highest BCUT2D eigenvalue weighted by Gasteiger charge is 2.25. The van der Waals surface area contributed by atoms with Crippen LogP contribution in [0, 0.1) is 0 Å². The van der Waals surface area contributed by atoms with E-state index in [-0.39, 0.29) is 0 Å². The molecule has 348 valence electrons. The first kappa shape index (κ1) is 41.6. The standard InChI is InChI=1S/C65H41N7O2/c1-66-44-31-29-39(30-32-44)42-19-12-20-43(37-42)63-68-62(40-15-4-2-5-16-40)69-65(70-63)72-54-26-11-9-22-47(54)51-36-35-50-46-21-8-10-25-53(46)71(60(50)61(51)72)45-33-34-52-57(38-45)73-55-27-13-23-48(58(52)55)49-24-14-28-56-59(49)67-64(74-56)41-17-6-3-7-18-41/h2-38,66H,1H3. The highest BCUT2D eigenvalue weighted by Crippen LogP contribution is 2.44. The molecule has 10 aromatic carbocycles. The number of para-hydroxylation sites is 3. The quantitative estimate of drug-likeness (QED) is 0.162. The molecule has 0 bridgehead atoms. The Hall–Kier alpha value is -10.1. The summed E-state index contributed by atoms with van der Waals surface area (Å²) in [5, 5.41) is 9.67. The largest absolute Gasteiger partial charge is 0.456 e. The Balaban J connectivity index is 0.958. The van der Waals surface area contributed by atoms with Crippen molar-refractivity contribution >= 4 is 82.3 Å². The summed E-state index contributed by atoms with van der Waals surface area (Å²) in [6, 6.07) is 77.7. The second kappa shape index (κ2) is 16.5. The minimum Gasteiger partial charge on any atom is -0.456 e. The van der Waals surface area contributed by atoms with Crippen LogP contribution >= 0.6 is 0 Å². The first-order valence-electron chi connectivity index (χ1n) is 24.7. The zero-order valence-corrected chi connectivity index (χ0v) is 39.9. The van der Waals surface area contributed by atoms with E-state index < -0.39 is 0 Å². The molecule has 9 nitrogen and oxygen atoms in total. The molecule has 5 heterocycles. The number of hydrogen-bond donors (Lipinski definition) is 1. The van der Waals surface area contributed by atoms with Gasteiger partial charge in [-0.1, -0.05) is 152 Å². The van der Waals surface area contributed by atoms with E-state index >= 15 is 0 Å². The van der Waals surface area contributed by atoms with Crippen molar-refractivity contribution in [1.82, 2.24) is 29.1 Å². The Morgan fingerprint density at radius 1 is 0.378 bits per heavy atom. The van der Waals surface area contributed by atoms with Crippen LogP contribution in [-0.2, 0) is 0 Å². The van der Waals surface area contributed by atoms with Gasteiger partial charge in [0.05, 0.1) is 27.8 Å². The molecule has 5 aromatic heterocycles. The Bertz CT molecular complexity index is 4700. The molecule has 0 aliphatic rings. The Morgan fingerprint density at radius 3 is 1.72 bits per heavy atom. The maximum absolute atomic E-state index is 6.86. The van der Waals surface area contributed by atoms with Crippen LogP contribution in [0.4, 0.5) is 5.69 Å². The molecule has 0 unspecified atom stereocenters. The van der Waals surface area contributed by atoms with E-state index in [0.717, 1.165) is 127 Å². The lowest BCUT2D eigenvalue weighted by Crippen LogP contribution is -2.07. The van der Waals surface area contributed by atoms with Gasteiger partial charge in [-0.2, -0.15) is 9.97 Å². The normalized spacial score (nSPS) is 11.9. The van der Waals surface area contributed by atoms with Crippen LogP contribution in [0.3, 0.4) is 0 Å². The summed E-state index contributed by atoms with van der Waals surface area (Å²) >= 11 is 0. The van der Waals surface area contributed by atoms with Crippen LogP contribution in [-0.4, -0.2) is 36.1 Å². The fourth-order valence-corrected chi connectivity index (χ4v) is 11.0. The molecule has 0 amide bonds. The molecule has 9 heteroatoms.